The Balaban J connectivity index is 1.62. The number of hydrogen-bond donors (Lipinski definition) is 1. The van der Waals surface area contributed by atoms with Crippen LogP contribution in [0.2, 0.25) is 0 Å². The average Bonchev–Trinajstić information content (AvgIpc) is 2.69. The zero-order valence-corrected chi connectivity index (χ0v) is 17.5. The second kappa shape index (κ2) is 9.13. The van der Waals surface area contributed by atoms with Gasteiger partial charge in [-0.25, -0.2) is 0 Å². The van der Waals surface area contributed by atoms with Gasteiger partial charge in [-0.3, -0.25) is 4.79 Å². The Morgan fingerprint density at radius 3 is 2.32 bits per heavy atom. The van der Waals surface area contributed by atoms with E-state index in [4.69, 9.17) is 4.74 Å². The van der Waals surface area contributed by atoms with Gasteiger partial charge in [0, 0.05) is 24.5 Å². The highest BCUT2D eigenvalue weighted by Crippen LogP contribution is 2.28. The lowest BCUT2D eigenvalue weighted by molar-refractivity contribution is -0.122. The second-order valence-corrected chi connectivity index (χ2v) is 8.04. The normalized spacial score (nSPS) is 15.4. The molecule has 1 atom stereocenters. The number of rotatable bonds is 6. The van der Waals surface area contributed by atoms with Crippen molar-refractivity contribution >= 4 is 17.3 Å². The summed E-state index contributed by atoms with van der Waals surface area (Å²) >= 11 is 0. The zero-order valence-electron chi connectivity index (χ0n) is 17.5. The molecule has 4 nitrogen and oxygen atoms in total. The summed E-state index contributed by atoms with van der Waals surface area (Å²) < 4.78 is 6.02. The minimum Gasteiger partial charge on any atom is -0.481 e. The largest absolute Gasteiger partial charge is 0.481 e. The van der Waals surface area contributed by atoms with E-state index in [9.17, 15) is 4.79 Å². The average molecular weight is 381 g/mol. The van der Waals surface area contributed by atoms with Crippen LogP contribution < -0.4 is 15.0 Å². The molecule has 2 aromatic carbocycles. The Morgan fingerprint density at radius 1 is 1.00 bits per heavy atom. The lowest BCUT2D eigenvalue weighted by Gasteiger charge is -2.28. The molecule has 1 amide bonds. The summed E-state index contributed by atoms with van der Waals surface area (Å²) in [5.41, 5.74) is 4.27. The van der Waals surface area contributed by atoms with Crippen molar-refractivity contribution in [3.8, 4) is 5.75 Å². The SMILES string of the molecule is Cc1ccc(C(C)C)c(O[C@H](C)C(=O)Nc2ccc(N3CCCCC3)cc2)c1. The molecule has 0 unspecified atom stereocenters. The Kier molecular flexibility index (Phi) is 6.61. The number of anilines is 2. The Bertz CT molecular complexity index is 793. The van der Waals surface area contributed by atoms with Crippen molar-refractivity contribution in [1.29, 1.82) is 0 Å². The fraction of sp³-hybridized carbons (Fsp3) is 0.458. The van der Waals surface area contributed by atoms with E-state index in [2.05, 4.69) is 48.3 Å². The number of piperidine rings is 1. The van der Waals surface area contributed by atoms with E-state index in [1.54, 1.807) is 6.92 Å². The molecule has 0 radical (unpaired) electrons. The molecule has 1 saturated heterocycles. The molecule has 2 aromatic rings. The first-order valence-electron chi connectivity index (χ1n) is 10.4. The van der Waals surface area contributed by atoms with E-state index in [1.165, 1.54) is 24.9 Å². The van der Waals surface area contributed by atoms with Crippen LogP contribution in [0, 0.1) is 6.92 Å². The van der Waals surface area contributed by atoms with Crippen LogP contribution >= 0.6 is 0 Å². The molecule has 0 spiro atoms. The fourth-order valence-corrected chi connectivity index (χ4v) is 3.62. The summed E-state index contributed by atoms with van der Waals surface area (Å²) in [7, 11) is 0. The van der Waals surface area contributed by atoms with Crippen molar-refractivity contribution < 1.29 is 9.53 Å². The first-order valence-corrected chi connectivity index (χ1v) is 10.4. The summed E-state index contributed by atoms with van der Waals surface area (Å²) in [5.74, 6) is 0.994. The second-order valence-electron chi connectivity index (χ2n) is 8.04. The Hall–Kier alpha value is -2.49. The van der Waals surface area contributed by atoms with Gasteiger partial charge in [-0.1, -0.05) is 26.0 Å². The topological polar surface area (TPSA) is 41.6 Å². The number of nitrogens with zero attached hydrogens (tertiary/aromatic N) is 1. The van der Waals surface area contributed by atoms with Crippen LogP contribution in [0.1, 0.15) is 57.1 Å². The van der Waals surface area contributed by atoms with Crippen molar-refractivity contribution in [1.82, 2.24) is 0 Å². The van der Waals surface area contributed by atoms with Crippen LogP contribution in [0.25, 0.3) is 0 Å². The molecule has 4 heteroatoms. The first kappa shape index (κ1) is 20.2. The molecule has 0 aromatic heterocycles. The molecule has 3 rings (SSSR count). The molecule has 1 fully saturated rings. The molecule has 0 bridgehead atoms. The summed E-state index contributed by atoms with van der Waals surface area (Å²) in [4.78, 5) is 15.0. The third kappa shape index (κ3) is 5.06. The fourth-order valence-electron chi connectivity index (χ4n) is 3.62. The van der Waals surface area contributed by atoms with Crippen LogP contribution in [-0.2, 0) is 4.79 Å². The van der Waals surface area contributed by atoms with Crippen LogP contribution in [-0.4, -0.2) is 25.1 Å². The van der Waals surface area contributed by atoms with Gasteiger partial charge in [0.2, 0.25) is 0 Å². The zero-order chi connectivity index (χ0) is 20.1. The van der Waals surface area contributed by atoms with E-state index in [-0.39, 0.29) is 5.91 Å². The van der Waals surface area contributed by atoms with Gasteiger partial charge in [0.05, 0.1) is 0 Å². The molecular weight excluding hydrogens is 348 g/mol. The Morgan fingerprint density at radius 2 is 1.68 bits per heavy atom. The van der Waals surface area contributed by atoms with Crippen molar-refractivity contribution in [3.05, 3.63) is 53.6 Å². The van der Waals surface area contributed by atoms with Crippen molar-refractivity contribution in [2.75, 3.05) is 23.3 Å². The lowest BCUT2D eigenvalue weighted by atomic mass is 10.0. The van der Waals surface area contributed by atoms with E-state index in [0.717, 1.165) is 35.7 Å². The smallest absolute Gasteiger partial charge is 0.265 e. The minimum absolute atomic E-state index is 0.137. The van der Waals surface area contributed by atoms with Crippen molar-refractivity contribution in [2.24, 2.45) is 0 Å². The van der Waals surface area contributed by atoms with Gasteiger partial charge in [0.25, 0.3) is 5.91 Å². The number of ether oxygens (including phenoxy) is 1. The molecule has 28 heavy (non-hydrogen) atoms. The molecule has 0 saturated carbocycles. The highest BCUT2D eigenvalue weighted by atomic mass is 16.5. The van der Waals surface area contributed by atoms with Gasteiger partial charge in [-0.2, -0.15) is 0 Å². The molecule has 1 heterocycles. The standard InChI is InChI=1S/C24H32N2O2/c1-17(2)22-13-8-18(3)16-23(22)28-19(4)24(27)25-20-9-11-21(12-10-20)26-14-6-5-7-15-26/h8-13,16-17,19H,5-7,14-15H2,1-4H3,(H,25,27)/t19-/m1/s1. The van der Waals surface area contributed by atoms with E-state index in [0.29, 0.717) is 5.92 Å². The maximum absolute atomic E-state index is 12.6. The summed E-state index contributed by atoms with van der Waals surface area (Å²) in [6.07, 6.45) is 3.26. The summed E-state index contributed by atoms with van der Waals surface area (Å²) in [6, 6.07) is 14.3. The number of aryl methyl sites for hydroxylation is 1. The number of nitrogens with one attached hydrogen (secondary N) is 1. The van der Waals surface area contributed by atoms with E-state index >= 15 is 0 Å². The first-order chi connectivity index (χ1) is 13.4. The van der Waals surface area contributed by atoms with Gasteiger partial charge in [0.1, 0.15) is 5.75 Å². The van der Waals surface area contributed by atoms with Crippen LogP contribution in [0.4, 0.5) is 11.4 Å². The van der Waals surface area contributed by atoms with Crippen molar-refractivity contribution in [2.45, 2.75) is 59.0 Å². The minimum atomic E-state index is -0.568. The van der Waals surface area contributed by atoms with Crippen LogP contribution in [0.15, 0.2) is 42.5 Å². The van der Waals surface area contributed by atoms with Crippen LogP contribution in [0.3, 0.4) is 0 Å². The number of hydrogen-bond acceptors (Lipinski definition) is 3. The number of benzene rings is 2. The molecular formula is C24H32N2O2. The van der Waals surface area contributed by atoms with Gasteiger partial charge < -0.3 is 15.0 Å². The maximum Gasteiger partial charge on any atom is 0.265 e. The predicted molar refractivity (Wildman–Crippen MR) is 116 cm³/mol. The number of carbonyl (C=O) groups is 1. The molecule has 1 aliphatic rings. The third-order valence-electron chi connectivity index (χ3n) is 5.32. The van der Waals surface area contributed by atoms with Gasteiger partial charge >= 0.3 is 0 Å². The van der Waals surface area contributed by atoms with Crippen molar-refractivity contribution in [3.63, 3.8) is 0 Å². The monoisotopic (exact) mass is 380 g/mol. The molecule has 1 aliphatic heterocycles. The number of amides is 1. The summed E-state index contributed by atoms with van der Waals surface area (Å²) in [5, 5.41) is 2.97. The lowest BCUT2D eigenvalue weighted by Crippen LogP contribution is -2.31. The summed E-state index contributed by atoms with van der Waals surface area (Å²) in [6.45, 7) is 10.3. The highest BCUT2D eigenvalue weighted by Gasteiger charge is 2.18. The highest BCUT2D eigenvalue weighted by molar-refractivity contribution is 5.94. The predicted octanol–water partition coefficient (Wildman–Crippen LogP) is 5.51. The maximum atomic E-state index is 12.6. The van der Waals surface area contributed by atoms with Gasteiger partial charge in [-0.05, 0) is 80.5 Å². The molecule has 1 N–H and O–H groups in total. The molecule has 0 aliphatic carbocycles. The number of carbonyl (C=O) groups excluding carboxylic acids is 1. The van der Waals surface area contributed by atoms with E-state index in [1.807, 2.05) is 25.1 Å². The van der Waals surface area contributed by atoms with Gasteiger partial charge in [0.15, 0.2) is 6.10 Å². The molecule has 150 valence electrons. The third-order valence-corrected chi connectivity index (χ3v) is 5.32. The van der Waals surface area contributed by atoms with Crippen LogP contribution in [0.5, 0.6) is 5.75 Å². The van der Waals surface area contributed by atoms with Gasteiger partial charge in [-0.15, -0.1) is 0 Å². The Labute approximate surface area is 168 Å². The quantitative estimate of drug-likeness (QED) is 0.718. The van der Waals surface area contributed by atoms with E-state index < -0.39 is 6.10 Å².